The average Bonchev–Trinajstić information content (AvgIpc) is 2.84. The van der Waals surface area contributed by atoms with Gasteiger partial charge in [0.15, 0.2) is 5.78 Å². The fourth-order valence-corrected chi connectivity index (χ4v) is 2.61. The molecule has 0 atom stereocenters. The molecule has 3 rings (SSSR count). The van der Waals surface area contributed by atoms with E-state index in [9.17, 15) is 4.79 Å². The van der Waals surface area contributed by atoms with E-state index in [2.05, 4.69) is 21.5 Å². The van der Waals surface area contributed by atoms with Crippen LogP contribution in [0.3, 0.4) is 0 Å². The van der Waals surface area contributed by atoms with Crippen LogP contribution in [0.5, 0.6) is 0 Å². The lowest BCUT2D eigenvalue weighted by atomic mass is 10.1. The number of para-hydroxylation sites is 2. The first kappa shape index (κ1) is 13.5. The number of Topliss-reactive ketones (excluding diaryl/α,β-unsaturated/α-hetero) is 1. The predicted octanol–water partition coefficient (Wildman–Crippen LogP) is 3.19. The molecule has 21 heavy (non-hydrogen) atoms. The van der Waals surface area contributed by atoms with E-state index in [1.54, 1.807) is 12.4 Å². The summed E-state index contributed by atoms with van der Waals surface area (Å²) in [5.74, 6) is 0.873. The molecule has 0 N–H and O–H groups in total. The van der Waals surface area contributed by atoms with Crippen LogP contribution in [0.4, 0.5) is 0 Å². The van der Waals surface area contributed by atoms with E-state index in [0.717, 1.165) is 29.0 Å². The van der Waals surface area contributed by atoms with Gasteiger partial charge >= 0.3 is 0 Å². The first-order valence-corrected chi connectivity index (χ1v) is 7.08. The molecule has 0 saturated heterocycles. The summed E-state index contributed by atoms with van der Waals surface area (Å²) in [5.41, 5.74) is 3.64. The Morgan fingerprint density at radius 1 is 1.24 bits per heavy atom. The van der Waals surface area contributed by atoms with Gasteiger partial charge < -0.3 is 4.57 Å². The second kappa shape index (κ2) is 5.48. The van der Waals surface area contributed by atoms with E-state index in [0.29, 0.717) is 12.0 Å². The zero-order chi connectivity index (χ0) is 14.8. The highest BCUT2D eigenvalue weighted by Gasteiger charge is 2.15. The molecule has 0 spiro atoms. The zero-order valence-electron chi connectivity index (χ0n) is 12.2. The summed E-state index contributed by atoms with van der Waals surface area (Å²) in [4.78, 5) is 21.1. The van der Waals surface area contributed by atoms with Gasteiger partial charge in [0.1, 0.15) is 5.82 Å². The van der Waals surface area contributed by atoms with Gasteiger partial charge in [-0.3, -0.25) is 9.78 Å². The Morgan fingerprint density at radius 3 is 2.81 bits per heavy atom. The lowest BCUT2D eigenvalue weighted by Gasteiger charge is -2.06. The first-order valence-electron chi connectivity index (χ1n) is 7.08. The van der Waals surface area contributed by atoms with Crippen molar-refractivity contribution in [3.05, 3.63) is 59.7 Å². The van der Waals surface area contributed by atoms with E-state index in [1.165, 1.54) is 0 Å². The topological polar surface area (TPSA) is 47.8 Å². The summed E-state index contributed by atoms with van der Waals surface area (Å²) in [7, 11) is 0. The average molecular weight is 279 g/mol. The fraction of sp³-hybridized carbons (Fsp3) is 0.235. The molecular formula is C17H17N3O. The predicted molar refractivity (Wildman–Crippen MR) is 82.4 cm³/mol. The molecule has 0 amide bonds. The number of pyridine rings is 1. The third-order valence-corrected chi connectivity index (χ3v) is 3.71. The Hall–Kier alpha value is -2.49. The van der Waals surface area contributed by atoms with Crippen molar-refractivity contribution in [2.75, 3.05) is 0 Å². The quantitative estimate of drug-likeness (QED) is 0.689. The van der Waals surface area contributed by atoms with Crippen molar-refractivity contribution in [2.24, 2.45) is 0 Å². The summed E-state index contributed by atoms with van der Waals surface area (Å²) in [5, 5.41) is 0. The number of carbonyl (C=O) groups excluding carboxylic acids is 1. The van der Waals surface area contributed by atoms with Crippen LogP contribution in [-0.4, -0.2) is 20.3 Å². The van der Waals surface area contributed by atoms with Crippen LogP contribution in [0.15, 0.2) is 42.7 Å². The van der Waals surface area contributed by atoms with E-state index >= 15 is 0 Å². The maximum atomic E-state index is 12.5. The molecule has 0 unspecified atom stereocenters. The molecular weight excluding hydrogens is 262 g/mol. The number of fused-ring (bicyclic) bond motifs is 1. The Kier molecular flexibility index (Phi) is 3.52. The van der Waals surface area contributed by atoms with Crippen LogP contribution in [0.1, 0.15) is 28.7 Å². The Morgan fingerprint density at radius 2 is 2.05 bits per heavy atom. The second-order valence-corrected chi connectivity index (χ2v) is 5.05. The van der Waals surface area contributed by atoms with Crippen molar-refractivity contribution in [2.45, 2.75) is 26.8 Å². The molecule has 0 aliphatic rings. The number of carbonyl (C=O) groups is 1. The largest absolute Gasteiger partial charge is 0.328 e. The number of nitrogens with zero attached hydrogens (tertiary/aromatic N) is 3. The Labute approximate surface area is 123 Å². The van der Waals surface area contributed by atoms with Crippen molar-refractivity contribution in [3.63, 3.8) is 0 Å². The van der Waals surface area contributed by atoms with Crippen molar-refractivity contribution in [3.8, 4) is 0 Å². The molecule has 0 fully saturated rings. The molecule has 0 aliphatic heterocycles. The van der Waals surface area contributed by atoms with Crippen LogP contribution in [0.25, 0.3) is 11.0 Å². The highest BCUT2D eigenvalue weighted by molar-refractivity contribution is 5.98. The summed E-state index contributed by atoms with van der Waals surface area (Å²) >= 11 is 0. The lowest BCUT2D eigenvalue weighted by Crippen LogP contribution is -2.11. The van der Waals surface area contributed by atoms with Gasteiger partial charge in [-0.05, 0) is 37.6 Å². The van der Waals surface area contributed by atoms with Crippen LogP contribution in [0.2, 0.25) is 0 Å². The molecule has 4 heteroatoms. The van der Waals surface area contributed by atoms with Gasteiger partial charge in [-0.1, -0.05) is 12.1 Å². The summed E-state index contributed by atoms with van der Waals surface area (Å²) in [6.07, 6.45) is 3.64. The normalized spacial score (nSPS) is 11.0. The minimum atomic E-state index is 0.0607. The smallest absolute Gasteiger partial charge is 0.172 e. The minimum Gasteiger partial charge on any atom is -0.328 e. The zero-order valence-corrected chi connectivity index (χ0v) is 12.2. The molecule has 2 heterocycles. The maximum Gasteiger partial charge on any atom is 0.172 e. The molecule has 4 nitrogen and oxygen atoms in total. The number of rotatable bonds is 4. The summed E-state index contributed by atoms with van der Waals surface area (Å²) in [6.45, 7) is 4.80. The van der Waals surface area contributed by atoms with Crippen molar-refractivity contribution in [1.82, 2.24) is 14.5 Å². The van der Waals surface area contributed by atoms with Gasteiger partial charge in [-0.2, -0.15) is 0 Å². The Bertz CT molecular complexity index is 805. The molecule has 106 valence electrons. The second-order valence-electron chi connectivity index (χ2n) is 5.05. The van der Waals surface area contributed by atoms with Crippen LogP contribution < -0.4 is 0 Å². The van der Waals surface area contributed by atoms with E-state index in [1.807, 2.05) is 37.3 Å². The number of aryl methyl sites for hydroxylation is 2. The third kappa shape index (κ3) is 2.44. The first-order chi connectivity index (χ1) is 10.2. The van der Waals surface area contributed by atoms with E-state index < -0.39 is 0 Å². The number of aromatic nitrogens is 3. The molecule has 0 bridgehead atoms. The number of hydrogen-bond acceptors (Lipinski definition) is 3. The lowest BCUT2D eigenvalue weighted by molar-refractivity contribution is 0.0989. The molecule has 3 aromatic rings. The van der Waals surface area contributed by atoms with Gasteiger partial charge in [0.2, 0.25) is 0 Å². The van der Waals surface area contributed by atoms with Crippen molar-refractivity contribution >= 4 is 16.8 Å². The molecule has 1 aromatic carbocycles. The summed E-state index contributed by atoms with van der Waals surface area (Å²) in [6, 6.07) is 9.83. The molecule has 0 radical (unpaired) electrons. The summed E-state index contributed by atoms with van der Waals surface area (Å²) < 4.78 is 2.10. The van der Waals surface area contributed by atoms with Gasteiger partial charge in [0, 0.05) is 24.5 Å². The third-order valence-electron chi connectivity index (χ3n) is 3.71. The van der Waals surface area contributed by atoms with Crippen LogP contribution >= 0.6 is 0 Å². The fourth-order valence-electron chi connectivity index (χ4n) is 2.61. The maximum absolute atomic E-state index is 12.5. The van der Waals surface area contributed by atoms with Gasteiger partial charge in [0.25, 0.3) is 0 Å². The number of benzene rings is 1. The Balaban J connectivity index is 1.98. The van der Waals surface area contributed by atoms with Crippen LogP contribution in [0, 0.1) is 6.92 Å². The number of hydrogen-bond donors (Lipinski definition) is 0. The standard InChI is InChI=1S/C17H17N3O/c1-3-20-15-7-5-4-6-14(15)19-17(20)10-16(21)13-11-18-9-8-12(13)2/h4-9,11H,3,10H2,1-2H3. The van der Waals surface area contributed by atoms with Crippen molar-refractivity contribution in [1.29, 1.82) is 0 Å². The molecule has 0 aliphatic carbocycles. The van der Waals surface area contributed by atoms with Gasteiger partial charge in [-0.15, -0.1) is 0 Å². The number of ketones is 1. The van der Waals surface area contributed by atoms with Crippen LogP contribution in [-0.2, 0) is 13.0 Å². The van der Waals surface area contributed by atoms with E-state index in [-0.39, 0.29) is 5.78 Å². The monoisotopic (exact) mass is 279 g/mol. The SMILES string of the molecule is CCn1c(CC(=O)c2cnccc2C)nc2ccccc21. The highest BCUT2D eigenvalue weighted by Crippen LogP contribution is 2.18. The molecule has 0 saturated carbocycles. The molecule has 2 aromatic heterocycles. The minimum absolute atomic E-state index is 0.0607. The van der Waals surface area contributed by atoms with Gasteiger partial charge in [-0.25, -0.2) is 4.98 Å². The van der Waals surface area contributed by atoms with Crippen molar-refractivity contribution < 1.29 is 4.79 Å². The van der Waals surface area contributed by atoms with E-state index in [4.69, 9.17) is 0 Å². The highest BCUT2D eigenvalue weighted by atomic mass is 16.1. The van der Waals surface area contributed by atoms with Gasteiger partial charge in [0.05, 0.1) is 17.5 Å². The number of imidazole rings is 1.